The van der Waals surface area contributed by atoms with Crippen molar-refractivity contribution < 1.29 is 9.13 Å². The van der Waals surface area contributed by atoms with E-state index in [-0.39, 0.29) is 17.4 Å². The number of pyridine rings is 1. The first-order valence-corrected chi connectivity index (χ1v) is 8.20. The van der Waals surface area contributed by atoms with E-state index >= 15 is 0 Å². The van der Waals surface area contributed by atoms with Crippen LogP contribution in [0.1, 0.15) is 5.56 Å². The highest BCUT2D eigenvalue weighted by Gasteiger charge is 2.12. The molecule has 0 aliphatic rings. The fourth-order valence-corrected chi connectivity index (χ4v) is 2.77. The quantitative estimate of drug-likeness (QED) is 0.541. The zero-order valence-corrected chi connectivity index (χ0v) is 14.4. The van der Waals surface area contributed by atoms with Crippen molar-refractivity contribution in [2.75, 3.05) is 5.73 Å². The molecule has 0 saturated carbocycles. The second-order valence-corrected chi connectivity index (χ2v) is 6.05. The number of rotatable bonds is 3. The molecule has 2 heterocycles. The first kappa shape index (κ1) is 16.7. The number of H-pyrrole nitrogens is 1. The highest BCUT2D eigenvalue weighted by atomic mass is 19.1. The summed E-state index contributed by atoms with van der Waals surface area (Å²) in [5, 5.41) is 0.411. The van der Waals surface area contributed by atoms with Gasteiger partial charge >= 0.3 is 6.01 Å². The maximum atomic E-state index is 13.9. The van der Waals surface area contributed by atoms with Crippen LogP contribution in [0.15, 0.2) is 59.7 Å². The summed E-state index contributed by atoms with van der Waals surface area (Å²) in [6.45, 7) is 1.69. The molecule has 0 amide bonds. The van der Waals surface area contributed by atoms with Gasteiger partial charge in [-0.1, -0.05) is 24.3 Å². The fraction of sp³-hybridized carbons (Fsp3) is 0.0500. The minimum Gasteiger partial charge on any atom is -0.423 e. The van der Waals surface area contributed by atoms with Crippen LogP contribution in [0.2, 0.25) is 0 Å². The smallest absolute Gasteiger partial charge is 0.302 e. The standard InChI is InChI=1S/C20H15FN4O2/c1-11-5-6-12(9-15(11)21)13-3-2-4-17(18(13)22)27-20-24-16-10-23-8-7-14(16)19(26)25-20/h2-10H,22H2,1H3,(H,24,25,26). The first-order valence-electron chi connectivity index (χ1n) is 8.20. The molecule has 0 fully saturated rings. The van der Waals surface area contributed by atoms with Crippen LogP contribution in [-0.4, -0.2) is 15.0 Å². The van der Waals surface area contributed by atoms with Gasteiger partial charge in [-0.05, 0) is 36.2 Å². The molecule has 0 atom stereocenters. The molecule has 4 aromatic rings. The van der Waals surface area contributed by atoms with Gasteiger partial charge in [0.2, 0.25) is 0 Å². The Balaban J connectivity index is 1.75. The van der Waals surface area contributed by atoms with Crippen molar-refractivity contribution in [3.63, 3.8) is 0 Å². The summed E-state index contributed by atoms with van der Waals surface area (Å²) in [6, 6.07) is 11.6. The zero-order chi connectivity index (χ0) is 19.0. The summed E-state index contributed by atoms with van der Waals surface area (Å²) in [4.78, 5) is 22.9. The number of aromatic amines is 1. The Morgan fingerprint density at radius 1 is 1.19 bits per heavy atom. The van der Waals surface area contributed by atoms with Crippen molar-refractivity contribution in [3.05, 3.63) is 76.6 Å². The van der Waals surface area contributed by atoms with E-state index in [1.165, 1.54) is 18.5 Å². The molecule has 0 aliphatic heterocycles. The normalized spacial score (nSPS) is 10.9. The van der Waals surface area contributed by atoms with E-state index in [2.05, 4.69) is 15.0 Å². The average molecular weight is 362 g/mol. The largest absolute Gasteiger partial charge is 0.423 e. The van der Waals surface area contributed by atoms with Gasteiger partial charge in [0.25, 0.3) is 5.56 Å². The van der Waals surface area contributed by atoms with Crippen LogP contribution in [0.3, 0.4) is 0 Å². The molecule has 3 N–H and O–H groups in total. The van der Waals surface area contributed by atoms with Crippen LogP contribution >= 0.6 is 0 Å². The Morgan fingerprint density at radius 2 is 2.04 bits per heavy atom. The lowest BCUT2D eigenvalue weighted by Gasteiger charge is -2.12. The Hall–Kier alpha value is -3.74. The van der Waals surface area contributed by atoms with Crippen molar-refractivity contribution >= 4 is 16.6 Å². The molecular weight excluding hydrogens is 347 g/mol. The number of hydrogen-bond donors (Lipinski definition) is 2. The molecule has 0 bridgehead atoms. The van der Waals surface area contributed by atoms with E-state index in [1.54, 1.807) is 43.3 Å². The molecule has 134 valence electrons. The van der Waals surface area contributed by atoms with E-state index in [0.29, 0.717) is 39.0 Å². The van der Waals surface area contributed by atoms with Gasteiger partial charge in [0.15, 0.2) is 5.75 Å². The van der Waals surface area contributed by atoms with Crippen molar-refractivity contribution in [3.8, 4) is 22.9 Å². The maximum absolute atomic E-state index is 13.9. The summed E-state index contributed by atoms with van der Waals surface area (Å²) in [7, 11) is 0. The third-order valence-electron chi connectivity index (χ3n) is 4.24. The van der Waals surface area contributed by atoms with E-state index in [1.807, 2.05) is 0 Å². The van der Waals surface area contributed by atoms with Gasteiger partial charge in [0, 0.05) is 11.8 Å². The van der Waals surface area contributed by atoms with Crippen LogP contribution in [0.5, 0.6) is 11.8 Å². The summed E-state index contributed by atoms with van der Waals surface area (Å²) >= 11 is 0. The lowest BCUT2D eigenvalue weighted by atomic mass is 10.0. The second kappa shape index (κ2) is 6.53. The highest BCUT2D eigenvalue weighted by molar-refractivity contribution is 5.81. The van der Waals surface area contributed by atoms with Crippen LogP contribution in [0.25, 0.3) is 22.0 Å². The lowest BCUT2D eigenvalue weighted by molar-refractivity contribution is 0.445. The van der Waals surface area contributed by atoms with Gasteiger partial charge < -0.3 is 10.5 Å². The Kier molecular flexibility index (Phi) is 4.04. The summed E-state index contributed by atoms with van der Waals surface area (Å²) < 4.78 is 19.6. The van der Waals surface area contributed by atoms with Crippen LogP contribution in [0.4, 0.5) is 10.1 Å². The van der Waals surface area contributed by atoms with Crippen molar-refractivity contribution in [2.45, 2.75) is 6.92 Å². The van der Waals surface area contributed by atoms with Crippen molar-refractivity contribution in [1.82, 2.24) is 15.0 Å². The third kappa shape index (κ3) is 3.10. The molecule has 0 radical (unpaired) electrons. The highest BCUT2D eigenvalue weighted by Crippen LogP contribution is 2.35. The average Bonchev–Trinajstić information content (AvgIpc) is 2.66. The predicted octanol–water partition coefficient (Wildman–Crippen LogP) is 3.81. The minimum atomic E-state index is -0.340. The van der Waals surface area contributed by atoms with Gasteiger partial charge in [0.1, 0.15) is 5.82 Å². The molecule has 27 heavy (non-hydrogen) atoms. The van der Waals surface area contributed by atoms with Gasteiger partial charge in [-0.25, -0.2) is 4.39 Å². The molecule has 7 heteroatoms. The van der Waals surface area contributed by atoms with Crippen LogP contribution in [0, 0.1) is 12.7 Å². The summed E-state index contributed by atoms with van der Waals surface area (Å²) in [6.07, 6.45) is 2.99. The number of ether oxygens (including phenoxy) is 1. The summed E-state index contributed by atoms with van der Waals surface area (Å²) in [5.41, 5.74) is 8.41. The SMILES string of the molecule is Cc1ccc(-c2cccc(Oc3nc4cnccc4c(=O)[nH]3)c2N)cc1F. The molecule has 6 nitrogen and oxygen atoms in total. The van der Waals surface area contributed by atoms with Gasteiger partial charge in [0.05, 0.1) is 22.8 Å². The van der Waals surface area contributed by atoms with Crippen LogP contribution in [-0.2, 0) is 0 Å². The van der Waals surface area contributed by atoms with E-state index in [0.717, 1.165) is 0 Å². The molecular formula is C20H15FN4O2. The number of benzene rings is 2. The van der Waals surface area contributed by atoms with Gasteiger partial charge in [-0.3, -0.25) is 14.8 Å². The Bertz CT molecular complexity index is 1220. The summed E-state index contributed by atoms with van der Waals surface area (Å²) in [5.74, 6) is -0.00822. The number of nitrogens with two attached hydrogens (primary N) is 1. The van der Waals surface area contributed by atoms with Gasteiger partial charge in [-0.15, -0.1) is 0 Å². The predicted molar refractivity (Wildman–Crippen MR) is 101 cm³/mol. The van der Waals surface area contributed by atoms with E-state index in [9.17, 15) is 9.18 Å². The number of halogens is 1. The molecule has 0 saturated heterocycles. The fourth-order valence-electron chi connectivity index (χ4n) is 2.77. The van der Waals surface area contributed by atoms with Gasteiger partial charge in [-0.2, -0.15) is 4.98 Å². The van der Waals surface area contributed by atoms with Crippen molar-refractivity contribution in [2.24, 2.45) is 0 Å². The number of nitrogens with one attached hydrogen (secondary N) is 1. The number of fused-ring (bicyclic) bond motifs is 1. The second-order valence-electron chi connectivity index (χ2n) is 6.05. The topological polar surface area (TPSA) is 93.9 Å². The minimum absolute atomic E-state index is 0.000522. The maximum Gasteiger partial charge on any atom is 0.302 e. The number of aryl methyl sites for hydroxylation is 1. The molecule has 0 aliphatic carbocycles. The number of aromatic nitrogens is 3. The molecule has 0 unspecified atom stereocenters. The van der Waals surface area contributed by atoms with Crippen LogP contribution < -0.4 is 16.0 Å². The first-order chi connectivity index (χ1) is 13.0. The van der Waals surface area contributed by atoms with E-state index < -0.39 is 0 Å². The van der Waals surface area contributed by atoms with E-state index in [4.69, 9.17) is 10.5 Å². The molecule has 4 rings (SSSR count). The number of nitrogen functional groups attached to an aromatic ring is 1. The Morgan fingerprint density at radius 3 is 2.85 bits per heavy atom. The molecule has 2 aromatic carbocycles. The molecule has 2 aromatic heterocycles. The number of anilines is 1. The monoisotopic (exact) mass is 362 g/mol. The number of nitrogens with zero attached hydrogens (tertiary/aromatic N) is 2. The molecule has 0 spiro atoms. The number of para-hydroxylation sites is 1. The zero-order valence-electron chi connectivity index (χ0n) is 14.4. The Labute approximate surface area is 153 Å². The number of hydrogen-bond acceptors (Lipinski definition) is 5. The third-order valence-corrected chi connectivity index (χ3v) is 4.24. The lowest BCUT2D eigenvalue weighted by Crippen LogP contribution is -2.10. The van der Waals surface area contributed by atoms with Crippen molar-refractivity contribution in [1.29, 1.82) is 0 Å².